The van der Waals surface area contributed by atoms with E-state index in [1.165, 1.54) is 7.11 Å². The third kappa shape index (κ3) is 3.98. The number of nitrogens with one attached hydrogen (secondary N) is 1. The molecule has 0 aliphatic heterocycles. The number of benzene rings is 2. The number of carbonyl (C=O) groups is 1. The molecule has 6 nitrogen and oxygen atoms in total. The van der Waals surface area contributed by atoms with Crippen molar-refractivity contribution in [1.82, 2.24) is 0 Å². The number of rotatable bonds is 6. The van der Waals surface area contributed by atoms with Crippen molar-refractivity contribution in [2.24, 2.45) is 0 Å². The maximum atomic E-state index is 12.0. The van der Waals surface area contributed by atoms with Crippen molar-refractivity contribution in [2.45, 2.75) is 0 Å². The van der Waals surface area contributed by atoms with Gasteiger partial charge in [0.15, 0.2) is 0 Å². The molecule has 0 aliphatic carbocycles. The lowest BCUT2D eigenvalue weighted by molar-refractivity contribution is 0.0602. The standard InChI is InChI=1S/C15H15NO5S/c1-19-11-7-9-12(10-8-11)21-22(18)16-14-6-4-3-5-13(14)15(17)20-2/h3-10,16H,1-2H3. The maximum absolute atomic E-state index is 12.0. The second-order valence-electron chi connectivity index (χ2n) is 4.13. The molecule has 116 valence electrons. The number of methoxy groups -OCH3 is 2. The summed E-state index contributed by atoms with van der Waals surface area (Å²) in [6.07, 6.45) is 0. The fourth-order valence-corrected chi connectivity index (χ4v) is 2.37. The molecule has 0 saturated heterocycles. The van der Waals surface area contributed by atoms with Gasteiger partial charge in [-0.2, -0.15) is 4.21 Å². The van der Waals surface area contributed by atoms with Crippen LogP contribution in [0.3, 0.4) is 0 Å². The van der Waals surface area contributed by atoms with Gasteiger partial charge in [0.05, 0.1) is 25.5 Å². The number of ether oxygens (including phenoxy) is 2. The van der Waals surface area contributed by atoms with Crippen LogP contribution < -0.4 is 13.6 Å². The lowest BCUT2D eigenvalue weighted by atomic mass is 10.2. The van der Waals surface area contributed by atoms with E-state index in [2.05, 4.69) is 9.46 Å². The lowest BCUT2D eigenvalue weighted by Crippen LogP contribution is -2.14. The number of hydrogen-bond acceptors (Lipinski definition) is 5. The molecular weight excluding hydrogens is 306 g/mol. The predicted molar refractivity (Wildman–Crippen MR) is 83.2 cm³/mol. The molecule has 0 amide bonds. The summed E-state index contributed by atoms with van der Waals surface area (Å²) in [5, 5.41) is 0. The number of anilines is 1. The Morgan fingerprint density at radius 2 is 1.64 bits per heavy atom. The van der Waals surface area contributed by atoms with E-state index in [9.17, 15) is 9.00 Å². The molecule has 22 heavy (non-hydrogen) atoms. The van der Waals surface area contributed by atoms with Crippen molar-refractivity contribution in [3.8, 4) is 11.5 Å². The van der Waals surface area contributed by atoms with Crippen molar-refractivity contribution >= 4 is 22.9 Å². The van der Waals surface area contributed by atoms with Crippen LogP contribution in [0.5, 0.6) is 11.5 Å². The summed E-state index contributed by atoms with van der Waals surface area (Å²) >= 11 is -1.86. The summed E-state index contributed by atoms with van der Waals surface area (Å²) in [4.78, 5) is 11.6. The van der Waals surface area contributed by atoms with Crippen LogP contribution in [0, 0.1) is 0 Å². The first kappa shape index (κ1) is 15.8. The highest BCUT2D eigenvalue weighted by molar-refractivity contribution is 7.82. The van der Waals surface area contributed by atoms with Crippen LogP contribution in [0.15, 0.2) is 48.5 Å². The topological polar surface area (TPSA) is 73.9 Å². The molecule has 1 unspecified atom stereocenters. The van der Waals surface area contributed by atoms with Gasteiger partial charge in [-0.3, -0.25) is 4.72 Å². The summed E-state index contributed by atoms with van der Waals surface area (Å²) in [5.74, 6) is 0.550. The van der Waals surface area contributed by atoms with Crippen molar-refractivity contribution in [3.63, 3.8) is 0 Å². The van der Waals surface area contributed by atoms with Gasteiger partial charge >= 0.3 is 17.2 Å². The van der Waals surface area contributed by atoms with Crippen molar-refractivity contribution in [1.29, 1.82) is 0 Å². The van der Waals surface area contributed by atoms with Crippen LogP contribution in [-0.4, -0.2) is 24.4 Å². The van der Waals surface area contributed by atoms with Gasteiger partial charge in [0.25, 0.3) is 0 Å². The number of carbonyl (C=O) groups excluding carboxylic acids is 1. The smallest absolute Gasteiger partial charge is 0.339 e. The summed E-state index contributed by atoms with van der Waals surface area (Å²) < 4.78 is 29.5. The molecule has 2 aromatic carbocycles. The average molecular weight is 321 g/mol. The van der Waals surface area contributed by atoms with E-state index in [-0.39, 0.29) is 5.56 Å². The Kier molecular flexibility index (Phi) is 5.37. The Morgan fingerprint density at radius 3 is 2.27 bits per heavy atom. The molecule has 0 bridgehead atoms. The van der Waals surface area contributed by atoms with Gasteiger partial charge in [0.2, 0.25) is 0 Å². The Hall–Kier alpha value is -2.54. The van der Waals surface area contributed by atoms with Gasteiger partial charge in [-0.1, -0.05) is 12.1 Å². The number of hydrogen-bond donors (Lipinski definition) is 1. The minimum Gasteiger partial charge on any atom is -0.497 e. The van der Waals surface area contributed by atoms with Crippen molar-refractivity contribution in [2.75, 3.05) is 18.9 Å². The van der Waals surface area contributed by atoms with Crippen molar-refractivity contribution in [3.05, 3.63) is 54.1 Å². The highest BCUT2D eigenvalue weighted by Gasteiger charge is 2.13. The maximum Gasteiger partial charge on any atom is 0.339 e. The van der Waals surface area contributed by atoms with Gasteiger partial charge in [-0.05, 0) is 36.4 Å². The average Bonchev–Trinajstić information content (AvgIpc) is 2.55. The Labute approximate surface area is 130 Å². The first-order valence-electron chi connectivity index (χ1n) is 6.32. The van der Waals surface area contributed by atoms with E-state index < -0.39 is 17.2 Å². The molecular formula is C15H15NO5S. The van der Waals surface area contributed by atoms with Crippen LogP contribution in [0.25, 0.3) is 0 Å². The molecule has 0 radical (unpaired) electrons. The minimum absolute atomic E-state index is 0.275. The molecule has 0 heterocycles. The van der Waals surface area contributed by atoms with E-state index in [4.69, 9.17) is 8.92 Å². The van der Waals surface area contributed by atoms with Crippen LogP contribution in [0.1, 0.15) is 10.4 Å². The van der Waals surface area contributed by atoms with E-state index in [1.807, 2.05) is 0 Å². The summed E-state index contributed by atoms with van der Waals surface area (Å²) in [6, 6.07) is 13.2. The van der Waals surface area contributed by atoms with Crippen LogP contribution in [0.2, 0.25) is 0 Å². The Bertz CT molecular complexity index is 672. The Morgan fingerprint density at radius 1 is 1.00 bits per heavy atom. The van der Waals surface area contributed by atoms with Crippen LogP contribution in [0.4, 0.5) is 5.69 Å². The molecule has 1 N–H and O–H groups in total. The zero-order valence-corrected chi connectivity index (χ0v) is 12.9. The fraction of sp³-hybridized carbons (Fsp3) is 0.133. The first-order valence-corrected chi connectivity index (χ1v) is 7.39. The zero-order valence-electron chi connectivity index (χ0n) is 12.1. The Balaban J connectivity index is 2.07. The molecule has 2 rings (SSSR count). The molecule has 7 heteroatoms. The van der Waals surface area contributed by atoms with E-state index in [0.717, 1.165) is 0 Å². The van der Waals surface area contributed by atoms with Gasteiger partial charge in [-0.15, -0.1) is 0 Å². The van der Waals surface area contributed by atoms with Crippen LogP contribution >= 0.6 is 0 Å². The fourth-order valence-electron chi connectivity index (χ4n) is 1.69. The molecule has 2 aromatic rings. The zero-order chi connectivity index (χ0) is 15.9. The summed E-state index contributed by atoms with van der Waals surface area (Å²) in [6.45, 7) is 0. The second-order valence-corrected chi connectivity index (χ2v) is 4.97. The largest absolute Gasteiger partial charge is 0.497 e. The van der Waals surface area contributed by atoms with Gasteiger partial charge in [-0.25, -0.2) is 4.79 Å². The predicted octanol–water partition coefficient (Wildman–Crippen LogP) is 2.55. The molecule has 0 spiro atoms. The van der Waals surface area contributed by atoms with Crippen molar-refractivity contribution < 1.29 is 22.7 Å². The molecule has 1 atom stereocenters. The normalized spacial score (nSPS) is 11.4. The SMILES string of the molecule is COC(=O)c1ccccc1NS(=O)Oc1ccc(OC)cc1. The third-order valence-corrected chi connectivity index (χ3v) is 3.49. The van der Waals surface area contributed by atoms with E-state index >= 15 is 0 Å². The van der Waals surface area contributed by atoms with Gasteiger partial charge < -0.3 is 13.7 Å². The van der Waals surface area contributed by atoms with Gasteiger partial charge in [0, 0.05) is 0 Å². The van der Waals surface area contributed by atoms with Crippen LogP contribution in [-0.2, 0) is 16.0 Å². The lowest BCUT2D eigenvalue weighted by Gasteiger charge is -2.10. The number of para-hydroxylation sites is 1. The van der Waals surface area contributed by atoms with E-state index in [0.29, 0.717) is 17.2 Å². The molecule has 0 aromatic heterocycles. The van der Waals surface area contributed by atoms with Gasteiger partial charge in [0.1, 0.15) is 11.5 Å². The highest BCUT2D eigenvalue weighted by atomic mass is 32.2. The molecule has 0 saturated carbocycles. The first-order chi connectivity index (χ1) is 10.6. The monoisotopic (exact) mass is 321 g/mol. The summed E-state index contributed by atoms with van der Waals surface area (Å²) in [5.41, 5.74) is 0.637. The second kappa shape index (κ2) is 7.46. The molecule has 0 aliphatic rings. The number of esters is 1. The molecule has 0 fully saturated rings. The third-order valence-electron chi connectivity index (χ3n) is 2.76. The quantitative estimate of drug-likeness (QED) is 0.828. The summed E-state index contributed by atoms with van der Waals surface area (Å²) in [7, 11) is 2.84. The minimum atomic E-state index is -1.86. The highest BCUT2D eigenvalue weighted by Crippen LogP contribution is 2.20. The van der Waals surface area contributed by atoms with E-state index in [1.54, 1.807) is 55.6 Å².